The Kier molecular flexibility index (Phi) is 59.7. The molecule has 0 saturated carbocycles. The SMILES string of the molecule is CC/C=C\C/C=C\C/C=C\C/C=C\C/C=C\C/C=C\CCCCCCCCCCC(=O)NC(COP(=O)(O)OCC[N+](C)(C)C)C(/C=C\CCCCCCCCCCC)OC(=O)CCCCCCCCCCC/C=C/CCCCCCCC. The predicted octanol–water partition coefficient (Wildman–Crippen LogP) is 21.9. The van der Waals surface area contributed by atoms with Crippen LogP contribution in [0.3, 0.4) is 0 Å². The molecule has 0 heterocycles. The van der Waals surface area contributed by atoms with Gasteiger partial charge in [0.25, 0.3) is 0 Å². The zero-order valence-electron chi connectivity index (χ0n) is 54.9. The lowest BCUT2D eigenvalue weighted by Crippen LogP contribution is -2.47. The van der Waals surface area contributed by atoms with E-state index in [0.717, 1.165) is 109 Å². The Labute approximate surface area is 513 Å². The molecule has 0 aliphatic heterocycles. The smallest absolute Gasteiger partial charge is 0.456 e. The molecule has 0 fully saturated rings. The van der Waals surface area contributed by atoms with Gasteiger partial charge in [-0.05, 0) is 109 Å². The average molecular weight is 1180 g/mol. The number of quaternary nitrogens is 1. The first kappa shape index (κ1) is 79.9. The van der Waals surface area contributed by atoms with Crippen molar-refractivity contribution in [3.8, 4) is 0 Å². The minimum absolute atomic E-state index is 0.0347. The first-order valence-corrected chi connectivity index (χ1v) is 36.1. The number of phosphoric acid groups is 1. The fourth-order valence-electron chi connectivity index (χ4n) is 9.70. The lowest BCUT2D eigenvalue weighted by molar-refractivity contribution is -0.870. The van der Waals surface area contributed by atoms with Gasteiger partial charge >= 0.3 is 13.8 Å². The van der Waals surface area contributed by atoms with Crippen LogP contribution < -0.4 is 5.32 Å². The Bertz CT molecular complexity index is 1740. The van der Waals surface area contributed by atoms with Crippen molar-refractivity contribution in [3.05, 3.63) is 97.2 Å². The summed E-state index contributed by atoms with van der Waals surface area (Å²) >= 11 is 0. The molecule has 0 radical (unpaired) electrons. The molecule has 0 aromatic rings. The number of hydrogen-bond acceptors (Lipinski definition) is 6. The summed E-state index contributed by atoms with van der Waals surface area (Å²) in [7, 11) is 1.48. The van der Waals surface area contributed by atoms with Gasteiger partial charge in [-0.25, -0.2) is 4.57 Å². The number of nitrogens with one attached hydrogen (secondary N) is 1. The van der Waals surface area contributed by atoms with Crippen molar-refractivity contribution < 1.29 is 37.3 Å². The lowest BCUT2D eigenvalue weighted by atomic mass is 10.0. The second kappa shape index (κ2) is 62.0. The summed E-state index contributed by atoms with van der Waals surface area (Å²) in [6, 6.07) is -0.859. The highest BCUT2D eigenvalue weighted by atomic mass is 31.2. The van der Waals surface area contributed by atoms with Gasteiger partial charge in [0.2, 0.25) is 5.91 Å². The third-order valence-corrected chi connectivity index (χ3v) is 16.0. The Morgan fingerprint density at radius 3 is 1.17 bits per heavy atom. The predicted molar refractivity (Wildman–Crippen MR) is 360 cm³/mol. The topological polar surface area (TPSA) is 111 Å². The van der Waals surface area contributed by atoms with E-state index in [-0.39, 0.29) is 31.5 Å². The van der Waals surface area contributed by atoms with Crippen LogP contribution in [0.25, 0.3) is 0 Å². The molecule has 83 heavy (non-hydrogen) atoms. The van der Waals surface area contributed by atoms with Crippen molar-refractivity contribution in [3.63, 3.8) is 0 Å². The number of hydrogen-bond donors (Lipinski definition) is 2. The molecule has 3 unspecified atom stereocenters. The van der Waals surface area contributed by atoms with E-state index in [1.54, 1.807) is 0 Å². The zero-order valence-corrected chi connectivity index (χ0v) is 55.8. The molecule has 0 aromatic carbocycles. The van der Waals surface area contributed by atoms with Crippen molar-refractivity contribution in [2.45, 2.75) is 315 Å². The molecule has 0 spiro atoms. The van der Waals surface area contributed by atoms with Crippen LogP contribution in [0.5, 0.6) is 0 Å². The monoisotopic (exact) mass is 1180 g/mol. The van der Waals surface area contributed by atoms with Crippen molar-refractivity contribution >= 4 is 19.7 Å². The van der Waals surface area contributed by atoms with E-state index >= 15 is 0 Å². The minimum atomic E-state index is -4.46. The highest BCUT2D eigenvalue weighted by Crippen LogP contribution is 2.43. The Hall–Kier alpha value is -3.07. The number of nitrogens with zero attached hydrogens (tertiary/aromatic N) is 1. The summed E-state index contributed by atoms with van der Waals surface area (Å²) in [4.78, 5) is 37.8. The summed E-state index contributed by atoms with van der Waals surface area (Å²) in [5, 5.41) is 3.06. The largest absolute Gasteiger partial charge is 0.472 e. The van der Waals surface area contributed by atoms with Crippen LogP contribution >= 0.6 is 7.82 Å². The average Bonchev–Trinajstić information content (AvgIpc) is 3.51. The van der Waals surface area contributed by atoms with Gasteiger partial charge in [-0.1, -0.05) is 279 Å². The summed E-state index contributed by atoms with van der Waals surface area (Å²) in [6.07, 6.45) is 84.1. The molecule has 0 rings (SSSR count). The number of esters is 1. The van der Waals surface area contributed by atoms with Gasteiger partial charge in [-0.3, -0.25) is 18.6 Å². The van der Waals surface area contributed by atoms with Crippen LogP contribution in [0.1, 0.15) is 303 Å². The van der Waals surface area contributed by atoms with Crippen molar-refractivity contribution in [2.75, 3.05) is 40.9 Å². The third-order valence-electron chi connectivity index (χ3n) is 15.0. The second-order valence-corrected chi connectivity index (χ2v) is 25.8. The standard InChI is InChI=1S/C73H131N2O7P/c1-7-10-13-16-19-22-25-27-29-31-33-34-35-36-37-38-39-40-42-43-45-47-50-53-56-59-62-65-72(76)74-70(69-81-83(78,79)80-68-67-75(4,5)6)71(64-61-58-55-52-49-24-21-18-15-12-9-3)82-73(77)66-63-60-57-54-51-48-46-44-41-32-30-28-26-23-20-17-14-11-8-2/h10,13,19,22,27-30,33-34,36-37,39-40,61,64,70-71H,7-9,11-12,14-18,20-21,23-26,31-32,35,38,41-60,62-63,65-69H2,1-6H3,(H-,74,76,78,79)/p+1/b13-10-,22-19-,29-27-,30-28+,34-33-,37-36-,40-39-,64-61-. The maximum atomic E-state index is 13.6. The number of amides is 1. The number of phosphoric ester groups is 1. The molecule has 9 nitrogen and oxygen atoms in total. The van der Waals surface area contributed by atoms with E-state index in [2.05, 4.69) is 111 Å². The summed E-state index contributed by atoms with van der Waals surface area (Å²) in [6.45, 7) is 6.90. The maximum absolute atomic E-state index is 13.6. The highest BCUT2D eigenvalue weighted by molar-refractivity contribution is 7.47. The first-order valence-electron chi connectivity index (χ1n) is 34.6. The number of allylic oxidation sites excluding steroid dienone is 15. The van der Waals surface area contributed by atoms with E-state index in [1.165, 1.54) is 161 Å². The number of rotatable bonds is 62. The molecule has 0 saturated heterocycles. The van der Waals surface area contributed by atoms with Crippen LogP contribution in [-0.4, -0.2) is 74.3 Å². The van der Waals surface area contributed by atoms with Gasteiger partial charge in [0.05, 0.1) is 33.8 Å². The van der Waals surface area contributed by atoms with E-state index in [9.17, 15) is 19.0 Å². The molecule has 3 atom stereocenters. The molecule has 480 valence electrons. The van der Waals surface area contributed by atoms with Crippen LogP contribution in [0.15, 0.2) is 97.2 Å². The van der Waals surface area contributed by atoms with E-state index < -0.39 is 20.0 Å². The number of unbranched alkanes of at least 4 members (excludes halogenated alkanes) is 32. The summed E-state index contributed by atoms with van der Waals surface area (Å²) in [5.41, 5.74) is 0. The highest BCUT2D eigenvalue weighted by Gasteiger charge is 2.30. The van der Waals surface area contributed by atoms with Crippen LogP contribution in [-0.2, 0) is 27.9 Å². The van der Waals surface area contributed by atoms with Gasteiger partial charge < -0.3 is 19.4 Å². The van der Waals surface area contributed by atoms with Gasteiger partial charge in [0, 0.05) is 12.8 Å². The molecular weight excluding hydrogens is 1050 g/mol. The van der Waals surface area contributed by atoms with Crippen LogP contribution in [0.2, 0.25) is 0 Å². The lowest BCUT2D eigenvalue weighted by Gasteiger charge is -2.27. The van der Waals surface area contributed by atoms with Crippen LogP contribution in [0.4, 0.5) is 0 Å². The number of carbonyl (C=O) groups is 2. The molecule has 10 heteroatoms. The molecule has 2 N–H and O–H groups in total. The molecule has 0 bridgehead atoms. The van der Waals surface area contributed by atoms with Crippen LogP contribution in [0, 0.1) is 0 Å². The quantitative estimate of drug-likeness (QED) is 0.0205. The van der Waals surface area contributed by atoms with E-state index in [4.69, 9.17) is 13.8 Å². The Morgan fingerprint density at radius 2 is 0.771 bits per heavy atom. The summed E-state index contributed by atoms with van der Waals surface area (Å²) in [5.74, 6) is -0.515. The molecule has 0 aliphatic carbocycles. The molecule has 1 amide bonds. The number of ether oxygens (including phenoxy) is 1. The number of carbonyl (C=O) groups excluding carboxylic acids is 2. The van der Waals surface area contributed by atoms with Gasteiger partial charge in [-0.15, -0.1) is 0 Å². The molecule has 0 aliphatic rings. The van der Waals surface area contributed by atoms with E-state index in [0.29, 0.717) is 17.4 Å². The van der Waals surface area contributed by atoms with E-state index in [1.807, 2.05) is 33.3 Å². The fourth-order valence-corrected chi connectivity index (χ4v) is 10.4. The maximum Gasteiger partial charge on any atom is 0.472 e. The summed E-state index contributed by atoms with van der Waals surface area (Å²) < 4.78 is 30.8. The molecule has 0 aromatic heterocycles. The first-order chi connectivity index (χ1) is 40.4. The number of likely N-dealkylation sites (N-methyl/N-ethyl adjacent to an activating group) is 1. The molecular formula is C73H132N2O7P+. The normalized spacial score (nSPS) is 14.2. The van der Waals surface area contributed by atoms with Gasteiger partial charge in [-0.2, -0.15) is 0 Å². The fraction of sp³-hybridized carbons (Fsp3) is 0.753. The zero-order chi connectivity index (χ0) is 60.7. The third kappa shape index (κ3) is 63.3. The second-order valence-electron chi connectivity index (χ2n) is 24.3. The minimum Gasteiger partial charge on any atom is -0.456 e. The Balaban J connectivity index is 5.08. The Morgan fingerprint density at radius 1 is 0.434 bits per heavy atom. The van der Waals surface area contributed by atoms with Gasteiger partial charge in [0.15, 0.2) is 0 Å². The van der Waals surface area contributed by atoms with Crippen molar-refractivity contribution in [2.24, 2.45) is 0 Å². The van der Waals surface area contributed by atoms with Crippen molar-refractivity contribution in [1.29, 1.82) is 0 Å². The van der Waals surface area contributed by atoms with Crippen molar-refractivity contribution in [1.82, 2.24) is 5.32 Å². The van der Waals surface area contributed by atoms with Gasteiger partial charge in [0.1, 0.15) is 19.3 Å².